The van der Waals surface area contributed by atoms with Crippen molar-refractivity contribution in [3.8, 4) is 5.75 Å². The van der Waals surface area contributed by atoms with Crippen LogP contribution in [0.3, 0.4) is 0 Å². The van der Waals surface area contributed by atoms with Crippen LogP contribution in [-0.4, -0.2) is 27.1 Å². The molecule has 1 atom stereocenters. The third-order valence-corrected chi connectivity index (χ3v) is 3.77. The summed E-state index contributed by atoms with van der Waals surface area (Å²) in [6.45, 7) is 1.08. The maximum Gasteiger partial charge on any atom is 0.155 e. The Hall–Kier alpha value is -1.26. The molecule has 5 heteroatoms. The van der Waals surface area contributed by atoms with Gasteiger partial charge in [-0.05, 0) is 31.5 Å². The predicted molar refractivity (Wildman–Crippen MR) is 71.2 cm³/mol. The molecule has 1 fully saturated rings. The van der Waals surface area contributed by atoms with E-state index < -0.39 is 0 Å². The van der Waals surface area contributed by atoms with E-state index in [1.165, 1.54) is 19.3 Å². The first-order valence-electron chi connectivity index (χ1n) is 6.33. The van der Waals surface area contributed by atoms with Crippen molar-refractivity contribution in [3.63, 3.8) is 0 Å². The Kier molecular flexibility index (Phi) is 3.14. The van der Waals surface area contributed by atoms with Crippen LogP contribution >= 0.6 is 11.6 Å². The van der Waals surface area contributed by atoms with Gasteiger partial charge in [0.25, 0.3) is 0 Å². The second-order valence-corrected chi connectivity index (χ2v) is 5.17. The first kappa shape index (κ1) is 11.8. The van der Waals surface area contributed by atoms with E-state index in [0.29, 0.717) is 11.2 Å². The Morgan fingerprint density at radius 3 is 3.11 bits per heavy atom. The summed E-state index contributed by atoms with van der Waals surface area (Å²) in [6.07, 6.45) is 6.20. The van der Waals surface area contributed by atoms with Crippen molar-refractivity contribution in [2.24, 2.45) is 0 Å². The highest BCUT2D eigenvalue weighted by Gasteiger charge is 2.17. The number of piperidine rings is 1. The first-order valence-corrected chi connectivity index (χ1v) is 6.70. The van der Waals surface area contributed by atoms with Gasteiger partial charge < -0.3 is 10.4 Å². The molecule has 0 aromatic carbocycles. The number of pyridine rings is 1. The maximum absolute atomic E-state index is 9.56. The number of nitrogens with zero attached hydrogens (tertiary/aromatic N) is 2. The van der Waals surface area contributed by atoms with Crippen LogP contribution in [0.5, 0.6) is 5.75 Å². The molecular weight excluding hydrogens is 250 g/mol. The number of rotatable bonds is 2. The molecule has 0 spiro atoms. The average molecular weight is 266 g/mol. The summed E-state index contributed by atoms with van der Waals surface area (Å²) in [5.74, 6) is 1.14. The molecule has 1 aliphatic heterocycles. The number of hydrogen-bond donors (Lipinski definition) is 2. The minimum Gasteiger partial charge on any atom is -0.506 e. The highest BCUT2D eigenvalue weighted by molar-refractivity contribution is 6.32. The van der Waals surface area contributed by atoms with Crippen LogP contribution in [-0.2, 0) is 6.42 Å². The Labute approximate surface area is 111 Å². The van der Waals surface area contributed by atoms with Gasteiger partial charge in [0, 0.05) is 12.5 Å². The summed E-state index contributed by atoms with van der Waals surface area (Å²) in [5.41, 5.74) is 0.847. The summed E-state index contributed by atoms with van der Waals surface area (Å²) >= 11 is 6.11. The number of fused-ring (bicyclic) bond motifs is 1. The predicted octanol–water partition coefficient (Wildman–Crippen LogP) is 2.38. The smallest absolute Gasteiger partial charge is 0.155 e. The van der Waals surface area contributed by atoms with Crippen molar-refractivity contribution in [1.82, 2.24) is 14.7 Å². The summed E-state index contributed by atoms with van der Waals surface area (Å²) in [6, 6.07) is 3.89. The quantitative estimate of drug-likeness (QED) is 0.877. The van der Waals surface area contributed by atoms with Gasteiger partial charge in [0.05, 0.1) is 11.7 Å². The van der Waals surface area contributed by atoms with E-state index in [9.17, 15) is 5.11 Å². The van der Waals surface area contributed by atoms with E-state index in [1.54, 1.807) is 18.3 Å². The van der Waals surface area contributed by atoms with Crippen LogP contribution < -0.4 is 5.32 Å². The van der Waals surface area contributed by atoms with Crippen LogP contribution in [0.1, 0.15) is 25.1 Å². The molecule has 2 N–H and O–H groups in total. The Morgan fingerprint density at radius 2 is 2.33 bits per heavy atom. The number of imidazole rings is 1. The molecule has 1 unspecified atom stereocenters. The van der Waals surface area contributed by atoms with Gasteiger partial charge >= 0.3 is 0 Å². The van der Waals surface area contributed by atoms with Gasteiger partial charge in [-0.3, -0.25) is 4.40 Å². The van der Waals surface area contributed by atoms with Gasteiger partial charge in [-0.15, -0.1) is 0 Å². The van der Waals surface area contributed by atoms with E-state index in [4.69, 9.17) is 11.6 Å². The monoisotopic (exact) mass is 265 g/mol. The molecule has 1 saturated heterocycles. The van der Waals surface area contributed by atoms with Crippen LogP contribution in [0.25, 0.3) is 5.52 Å². The lowest BCUT2D eigenvalue weighted by Gasteiger charge is -2.22. The summed E-state index contributed by atoms with van der Waals surface area (Å²) < 4.78 is 1.88. The third kappa shape index (κ3) is 2.18. The standard InChI is InChI=1S/C13H16ClN3O/c14-13-11-5-4-10(18)8-17(11)12(16-13)7-9-3-1-2-6-15-9/h4-5,8-9,15,18H,1-3,6-7H2. The second-order valence-electron chi connectivity index (χ2n) is 4.81. The van der Waals surface area contributed by atoms with Crippen molar-refractivity contribution in [3.05, 3.63) is 29.3 Å². The van der Waals surface area contributed by atoms with E-state index >= 15 is 0 Å². The van der Waals surface area contributed by atoms with E-state index in [0.717, 1.165) is 24.3 Å². The molecule has 0 bridgehead atoms. The first-order chi connectivity index (χ1) is 8.74. The van der Waals surface area contributed by atoms with Crippen molar-refractivity contribution < 1.29 is 5.11 Å². The van der Waals surface area contributed by atoms with E-state index in [-0.39, 0.29) is 5.75 Å². The molecule has 0 amide bonds. The lowest BCUT2D eigenvalue weighted by atomic mass is 10.0. The molecule has 0 aliphatic carbocycles. The Balaban J connectivity index is 1.93. The minimum absolute atomic E-state index is 0.231. The average Bonchev–Trinajstić information content (AvgIpc) is 2.67. The minimum atomic E-state index is 0.231. The molecule has 3 rings (SSSR count). The van der Waals surface area contributed by atoms with Gasteiger partial charge in [0.2, 0.25) is 0 Å². The van der Waals surface area contributed by atoms with Crippen LogP contribution in [0, 0.1) is 0 Å². The zero-order valence-electron chi connectivity index (χ0n) is 10.1. The fraction of sp³-hybridized carbons (Fsp3) is 0.462. The topological polar surface area (TPSA) is 49.6 Å². The zero-order chi connectivity index (χ0) is 12.5. The lowest BCUT2D eigenvalue weighted by molar-refractivity contribution is 0.393. The molecule has 3 heterocycles. The van der Waals surface area contributed by atoms with Crippen LogP contribution in [0.4, 0.5) is 0 Å². The largest absolute Gasteiger partial charge is 0.506 e. The highest BCUT2D eigenvalue weighted by atomic mass is 35.5. The number of aromatic hydroxyl groups is 1. The summed E-state index contributed by atoms with van der Waals surface area (Å²) in [7, 11) is 0. The molecule has 18 heavy (non-hydrogen) atoms. The van der Waals surface area contributed by atoms with Crippen molar-refractivity contribution in [2.75, 3.05) is 6.54 Å². The van der Waals surface area contributed by atoms with Crippen molar-refractivity contribution in [2.45, 2.75) is 31.7 Å². The summed E-state index contributed by atoms with van der Waals surface area (Å²) in [5, 5.41) is 13.6. The number of hydrogen-bond acceptors (Lipinski definition) is 3. The molecule has 1 aliphatic rings. The van der Waals surface area contributed by atoms with Gasteiger partial charge in [0.1, 0.15) is 11.6 Å². The van der Waals surface area contributed by atoms with Gasteiger partial charge in [0.15, 0.2) is 5.15 Å². The lowest BCUT2D eigenvalue weighted by Crippen LogP contribution is -2.36. The summed E-state index contributed by atoms with van der Waals surface area (Å²) in [4.78, 5) is 4.40. The van der Waals surface area contributed by atoms with E-state index in [2.05, 4.69) is 10.3 Å². The van der Waals surface area contributed by atoms with Crippen molar-refractivity contribution >= 4 is 17.1 Å². The molecule has 2 aromatic heterocycles. The molecule has 0 radical (unpaired) electrons. The number of aromatic nitrogens is 2. The van der Waals surface area contributed by atoms with Crippen molar-refractivity contribution in [1.29, 1.82) is 0 Å². The van der Waals surface area contributed by atoms with E-state index in [1.807, 2.05) is 4.40 Å². The number of halogens is 1. The van der Waals surface area contributed by atoms with Gasteiger partial charge in [-0.25, -0.2) is 4.98 Å². The molecule has 2 aromatic rings. The maximum atomic E-state index is 9.56. The fourth-order valence-electron chi connectivity index (χ4n) is 2.56. The SMILES string of the molecule is Oc1ccc2c(Cl)nc(CC3CCCCN3)n2c1. The van der Waals surface area contributed by atoms with Crippen LogP contribution in [0.2, 0.25) is 5.15 Å². The molecule has 4 nitrogen and oxygen atoms in total. The molecule has 0 saturated carbocycles. The van der Waals surface area contributed by atoms with Crippen LogP contribution in [0.15, 0.2) is 18.3 Å². The second kappa shape index (κ2) is 4.78. The highest BCUT2D eigenvalue weighted by Crippen LogP contribution is 2.23. The van der Waals surface area contributed by atoms with Gasteiger partial charge in [-0.2, -0.15) is 0 Å². The molecule has 96 valence electrons. The Morgan fingerprint density at radius 1 is 1.44 bits per heavy atom. The zero-order valence-corrected chi connectivity index (χ0v) is 10.8. The Bertz CT molecular complexity index is 561. The third-order valence-electron chi connectivity index (χ3n) is 3.49. The normalized spacial score (nSPS) is 20.4. The fourth-order valence-corrected chi connectivity index (χ4v) is 2.81. The van der Waals surface area contributed by atoms with Gasteiger partial charge in [-0.1, -0.05) is 18.0 Å². The number of nitrogens with one attached hydrogen (secondary N) is 1. The molecular formula is C13H16ClN3O.